The van der Waals surface area contributed by atoms with Crippen LogP contribution < -0.4 is 19.5 Å². The normalized spacial score (nSPS) is 12.6. The maximum Gasteiger partial charge on any atom is 0.322 e. The van der Waals surface area contributed by atoms with Crippen LogP contribution in [0.25, 0.3) is 0 Å². The van der Waals surface area contributed by atoms with Crippen LogP contribution in [-0.4, -0.2) is 63.2 Å². The van der Waals surface area contributed by atoms with E-state index in [0.717, 1.165) is 17.5 Å². The van der Waals surface area contributed by atoms with Gasteiger partial charge in [0.25, 0.3) is 0 Å². The van der Waals surface area contributed by atoms with Crippen molar-refractivity contribution >= 4 is 17.6 Å². The molecule has 8 nitrogen and oxygen atoms in total. The molecule has 3 rings (SSSR count). The first-order valence-electron chi connectivity index (χ1n) is 9.63. The van der Waals surface area contributed by atoms with Gasteiger partial charge >= 0.3 is 6.03 Å². The van der Waals surface area contributed by atoms with Gasteiger partial charge in [-0.2, -0.15) is 0 Å². The monoisotopic (exact) mass is 413 g/mol. The molecule has 160 valence electrons. The summed E-state index contributed by atoms with van der Waals surface area (Å²) in [5, 5.41) is 2.77. The summed E-state index contributed by atoms with van der Waals surface area (Å²) in [4.78, 5) is 28.4. The molecule has 0 radical (unpaired) electrons. The SMILES string of the molecule is COc1ccccc1NC(=O)N(C)CC(=O)N1CCc2cc(OC)c(OC)cc2C1. The van der Waals surface area contributed by atoms with Gasteiger partial charge < -0.3 is 29.3 Å². The second-order valence-corrected chi connectivity index (χ2v) is 7.03. The number of para-hydroxylation sites is 2. The van der Waals surface area contributed by atoms with Crippen LogP contribution in [0.5, 0.6) is 17.2 Å². The molecule has 0 aliphatic carbocycles. The van der Waals surface area contributed by atoms with E-state index in [0.29, 0.717) is 36.0 Å². The number of nitrogens with zero attached hydrogens (tertiary/aromatic N) is 2. The van der Waals surface area contributed by atoms with Gasteiger partial charge in [0.1, 0.15) is 12.3 Å². The third-order valence-corrected chi connectivity index (χ3v) is 5.14. The van der Waals surface area contributed by atoms with Gasteiger partial charge in [-0.1, -0.05) is 12.1 Å². The molecule has 1 N–H and O–H groups in total. The third-order valence-electron chi connectivity index (χ3n) is 5.14. The van der Waals surface area contributed by atoms with E-state index in [1.165, 1.54) is 12.0 Å². The summed E-state index contributed by atoms with van der Waals surface area (Å²) in [5.41, 5.74) is 2.71. The van der Waals surface area contributed by atoms with Crippen molar-refractivity contribution in [1.82, 2.24) is 9.80 Å². The lowest BCUT2D eigenvalue weighted by Gasteiger charge is -2.31. The molecule has 1 heterocycles. The minimum atomic E-state index is -0.378. The number of hydrogen-bond donors (Lipinski definition) is 1. The van der Waals surface area contributed by atoms with Gasteiger partial charge in [0.15, 0.2) is 11.5 Å². The summed E-state index contributed by atoms with van der Waals surface area (Å²) in [7, 11) is 6.32. The van der Waals surface area contributed by atoms with E-state index in [9.17, 15) is 9.59 Å². The van der Waals surface area contributed by atoms with Crippen LogP contribution in [0.2, 0.25) is 0 Å². The smallest absolute Gasteiger partial charge is 0.322 e. The van der Waals surface area contributed by atoms with Crippen LogP contribution in [-0.2, 0) is 17.8 Å². The highest BCUT2D eigenvalue weighted by Gasteiger charge is 2.24. The molecule has 0 spiro atoms. The molecule has 0 saturated heterocycles. The average Bonchev–Trinajstić information content (AvgIpc) is 2.77. The van der Waals surface area contributed by atoms with Gasteiger partial charge in [-0.05, 0) is 41.8 Å². The highest BCUT2D eigenvalue weighted by atomic mass is 16.5. The maximum atomic E-state index is 12.8. The number of rotatable bonds is 6. The fourth-order valence-corrected chi connectivity index (χ4v) is 3.43. The molecule has 1 aliphatic heterocycles. The van der Waals surface area contributed by atoms with Gasteiger partial charge in [0, 0.05) is 20.1 Å². The number of nitrogens with one attached hydrogen (secondary N) is 1. The van der Waals surface area contributed by atoms with Gasteiger partial charge in [-0.15, -0.1) is 0 Å². The van der Waals surface area contributed by atoms with Crippen LogP contribution >= 0.6 is 0 Å². The molecule has 8 heteroatoms. The number of benzene rings is 2. The number of carbonyl (C=O) groups excluding carboxylic acids is 2. The van der Waals surface area contributed by atoms with Crippen molar-refractivity contribution in [3.63, 3.8) is 0 Å². The van der Waals surface area contributed by atoms with Crippen molar-refractivity contribution in [3.05, 3.63) is 47.5 Å². The van der Waals surface area contributed by atoms with Gasteiger partial charge in [0.2, 0.25) is 5.91 Å². The van der Waals surface area contributed by atoms with Crippen LogP contribution in [0, 0.1) is 0 Å². The predicted molar refractivity (Wildman–Crippen MR) is 113 cm³/mol. The van der Waals surface area contributed by atoms with Crippen LogP contribution in [0.4, 0.5) is 10.5 Å². The molecule has 0 aromatic heterocycles. The molecule has 0 saturated carbocycles. The predicted octanol–water partition coefficient (Wildman–Crippen LogP) is 2.76. The number of likely N-dealkylation sites (N-methyl/N-ethyl adjacent to an activating group) is 1. The topological polar surface area (TPSA) is 80.3 Å². The highest BCUT2D eigenvalue weighted by Crippen LogP contribution is 2.33. The van der Waals surface area contributed by atoms with E-state index in [4.69, 9.17) is 14.2 Å². The molecule has 3 amide bonds. The summed E-state index contributed by atoms with van der Waals surface area (Å²) in [5.74, 6) is 1.76. The summed E-state index contributed by atoms with van der Waals surface area (Å²) in [6, 6.07) is 10.6. The lowest BCUT2D eigenvalue weighted by atomic mass is 9.98. The number of anilines is 1. The number of carbonyl (C=O) groups is 2. The number of ether oxygens (including phenoxy) is 3. The molecule has 0 atom stereocenters. The Morgan fingerprint density at radius 3 is 2.30 bits per heavy atom. The average molecular weight is 413 g/mol. The van der Waals surface area contributed by atoms with Crippen molar-refractivity contribution in [2.24, 2.45) is 0 Å². The summed E-state index contributed by atoms with van der Waals surface area (Å²) in [6.45, 7) is 1.03. The lowest BCUT2D eigenvalue weighted by Crippen LogP contribution is -2.44. The third kappa shape index (κ3) is 4.59. The number of methoxy groups -OCH3 is 3. The largest absolute Gasteiger partial charge is 0.495 e. The second-order valence-electron chi connectivity index (χ2n) is 7.03. The van der Waals surface area contributed by atoms with Gasteiger partial charge in [0.05, 0.1) is 27.0 Å². The molecule has 0 bridgehead atoms. The summed E-state index contributed by atoms with van der Waals surface area (Å²) in [6.07, 6.45) is 0.721. The minimum absolute atomic E-state index is 0.0242. The zero-order chi connectivity index (χ0) is 21.7. The Morgan fingerprint density at radius 2 is 1.63 bits per heavy atom. The Balaban J connectivity index is 1.63. The van der Waals surface area contributed by atoms with Gasteiger partial charge in [-0.25, -0.2) is 4.79 Å². The standard InChI is InChI=1S/C22H27N3O5/c1-24(22(27)23-17-7-5-6-8-18(17)28-2)14-21(26)25-10-9-15-11-19(29-3)20(30-4)12-16(15)13-25/h5-8,11-12H,9-10,13-14H2,1-4H3,(H,23,27). The van der Waals surface area contributed by atoms with Crippen LogP contribution in [0.15, 0.2) is 36.4 Å². The number of fused-ring (bicyclic) bond motifs is 1. The molecular weight excluding hydrogens is 386 g/mol. The number of amides is 3. The maximum absolute atomic E-state index is 12.8. The highest BCUT2D eigenvalue weighted by molar-refractivity contribution is 5.93. The Kier molecular flexibility index (Phi) is 6.66. The van der Waals surface area contributed by atoms with E-state index >= 15 is 0 Å². The first-order valence-corrected chi connectivity index (χ1v) is 9.63. The molecule has 30 heavy (non-hydrogen) atoms. The zero-order valence-corrected chi connectivity index (χ0v) is 17.7. The number of urea groups is 1. The van der Waals surface area contributed by atoms with Crippen molar-refractivity contribution in [2.45, 2.75) is 13.0 Å². The van der Waals surface area contributed by atoms with Crippen molar-refractivity contribution in [3.8, 4) is 17.2 Å². The first kappa shape index (κ1) is 21.3. The second kappa shape index (κ2) is 9.39. The fraction of sp³-hybridized carbons (Fsp3) is 0.364. The first-order chi connectivity index (χ1) is 14.5. The summed E-state index contributed by atoms with van der Waals surface area (Å²) >= 11 is 0. The van der Waals surface area contributed by atoms with Crippen molar-refractivity contribution in [1.29, 1.82) is 0 Å². The van der Waals surface area contributed by atoms with Crippen molar-refractivity contribution in [2.75, 3.05) is 46.8 Å². The van der Waals surface area contributed by atoms with E-state index in [1.807, 2.05) is 18.2 Å². The minimum Gasteiger partial charge on any atom is -0.495 e. The number of hydrogen-bond acceptors (Lipinski definition) is 5. The Hall–Kier alpha value is -3.42. The molecule has 2 aromatic carbocycles. The van der Waals surface area contributed by atoms with E-state index in [2.05, 4.69) is 5.32 Å². The Bertz CT molecular complexity index is 931. The summed E-state index contributed by atoms with van der Waals surface area (Å²) < 4.78 is 16.0. The van der Waals surface area contributed by atoms with Crippen LogP contribution in [0.3, 0.4) is 0 Å². The Labute approximate surface area is 176 Å². The van der Waals surface area contributed by atoms with E-state index in [-0.39, 0.29) is 18.5 Å². The molecular formula is C22H27N3O5. The Morgan fingerprint density at radius 1 is 1.00 bits per heavy atom. The zero-order valence-electron chi connectivity index (χ0n) is 17.7. The molecule has 0 unspecified atom stereocenters. The van der Waals surface area contributed by atoms with Crippen LogP contribution in [0.1, 0.15) is 11.1 Å². The lowest BCUT2D eigenvalue weighted by molar-refractivity contribution is -0.132. The van der Waals surface area contributed by atoms with E-state index in [1.54, 1.807) is 44.4 Å². The van der Waals surface area contributed by atoms with Crippen molar-refractivity contribution < 1.29 is 23.8 Å². The molecule has 1 aliphatic rings. The van der Waals surface area contributed by atoms with E-state index < -0.39 is 0 Å². The molecule has 2 aromatic rings. The van der Waals surface area contributed by atoms with Gasteiger partial charge in [-0.3, -0.25) is 4.79 Å². The fourth-order valence-electron chi connectivity index (χ4n) is 3.43. The quantitative estimate of drug-likeness (QED) is 0.788. The molecule has 0 fully saturated rings.